The van der Waals surface area contributed by atoms with Crippen molar-refractivity contribution >= 4 is 27.5 Å². The van der Waals surface area contributed by atoms with Gasteiger partial charge in [0.2, 0.25) is 0 Å². The minimum absolute atomic E-state index is 0.0578. The molecule has 2 aliphatic heterocycles. The molecule has 0 amide bonds. The lowest BCUT2D eigenvalue weighted by Crippen LogP contribution is -2.49. The number of nitrogens with two attached hydrogens (primary N) is 1. The molecule has 2 saturated heterocycles. The summed E-state index contributed by atoms with van der Waals surface area (Å²) >= 11 is 9.65. The van der Waals surface area contributed by atoms with Crippen LogP contribution in [0.5, 0.6) is 5.75 Å². The van der Waals surface area contributed by atoms with Crippen molar-refractivity contribution in [3.63, 3.8) is 0 Å². The third-order valence-corrected chi connectivity index (χ3v) is 7.27. The predicted molar refractivity (Wildman–Crippen MR) is 129 cm³/mol. The molecule has 0 saturated carbocycles. The number of ether oxygens (including phenoxy) is 1. The number of piperidine rings is 1. The zero-order valence-corrected chi connectivity index (χ0v) is 20.0. The van der Waals surface area contributed by atoms with Gasteiger partial charge in [-0.3, -0.25) is 0 Å². The van der Waals surface area contributed by atoms with Gasteiger partial charge in [-0.2, -0.15) is 0 Å². The van der Waals surface area contributed by atoms with Crippen LogP contribution in [0.3, 0.4) is 0 Å². The second-order valence-electron chi connectivity index (χ2n) is 8.81. The quantitative estimate of drug-likeness (QED) is 0.529. The smallest absolute Gasteiger partial charge is 0.123 e. The molecule has 2 aliphatic rings. The van der Waals surface area contributed by atoms with Gasteiger partial charge in [0.15, 0.2) is 0 Å². The number of nitrogens with zero attached hydrogens (tertiary/aromatic N) is 1. The molecule has 0 aromatic heterocycles. The van der Waals surface area contributed by atoms with Crippen molar-refractivity contribution in [3.8, 4) is 5.75 Å². The molecule has 31 heavy (non-hydrogen) atoms. The van der Waals surface area contributed by atoms with Crippen molar-refractivity contribution < 1.29 is 9.84 Å². The highest BCUT2D eigenvalue weighted by molar-refractivity contribution is 9.10. The van der Waals surface area contributed by atoms with Crippen LogP contribution in [0, 0.1) is 0 Å². The summed E-state index contributed by atoms with van der Waals surface area (Å²) in [5.41, 5.74) is 7.50. The summed E-state index contributed by atoms with van der Waals surface area (Å²) in [6, 6.07) is 14.0. The maximum absolute atomic E-state index is 11.8. The van der Waals surface area contributed by atoms with E-state index in [0.717, 1.165) is 73.3 Å². The van der Waals surface area contributed by atoms with Crippen molar-refractivity contribution in [2.24, 2.45) is 5.73 Å². The Morgan fingerprint density at radius 1 is 1.23 bits per heavy atom. The van der Waals surface area contributed by atoms with E-state index in [-0.39, 0.29) is 12.0 Å². The summed E-state index contributed by atoms with van der Waals surface area (Å²) in [5, 5.41) is 15.9. The lowest BCUT2D eigenvalue weighted by molar-refractivity contribution is -0.0245. The monoisotopic (exact) mass is 507 g/mol. The van der Waals surface area contributed by atoms with E-state index in [1.54, 1.807) is 0 Å². The number of halogens is 2. The summed E-state index contributed by atoms with van der Waals surface area (Å²) in [6.07, 6.45) is 2.45. The topological polar surface area (TPSA) is 70.8 Å². The van der Waals surface area contributed by atoms with Crippen LogP contribution >= 0.6 is 27.5 Å². The molecule has 0 spiro atoms. The van der Waals surface area contributed by atoms with E-state index in [0.29, 0.717) is 11.6 Å². The summed E-state index contributed by atoms with van der Waals surface area (Å²) in [6.45, 7) is 4.72. The second-order valence-corrected chi connectivity index (χ2v) is 10.2. The van der Waals surface area contributed by atoms with Gasteiger partial charge >= 0.3 is 0 Å². The van der Waals surface area contributed by atoms with Crippen LogP contribution in [0.2, 0.25) is 5.02 Å². The summed E-state index contributed by atoms with van der Waals surface area (Å²) in [4.78, 5) is 2.39. The molecule has 168 valence electrons. The largest absolute Gasteiger partial charge is 0.489 e. The van der Waals surface area contributed by atoms with Crippen molar-refractivity contribution in [2.45, 2.75) is 43.4 Å². The Hall–Kier alpha value is -1.15. The van der Waals surface area contributed by atoms with E-state index < -0.39 is 5.60 Å². The van der Waals surface area contributed by atoms with Crippen molar-refractivity contribution in [2.75, 3.05) is 32.7 Å². The predicted octanol–water partition coefficient (Wildman–Crippen LogP) is 3.91. The minimum atomic E-state index is -0.781. The number of likely N-dealkylation sites (tertiary alicyclic amines) is 1. The summed E-state index contributed by atoms with van der Waals surface area (Å²) < 4.78 is 7.27. The van der Waals surface area contributed by atoms with E-state index in [9.17, 15) is 5.11 Å². The Kier molecular flexibility index (Phi) is 7.57. The van der Waals surface area contributed by atoms with Crippen molar-refractivity contribution in [3.05, 3.63) is 63.1 Å². The normalized spacial score (nSPS) is 22.4. The van der Waals surface area contributed by atoms with Gasteiger partial charge in [0.25, 0.3) is 0 Å². The first-order chi connectivity index (χ1) is 14.9. The lowest BCUT2D eigenvalue weighted by atomic mass is 9.75. The van der Waals surface area contributed by atoms with Gasteiger partial charge in [0.05, 0.1) is 5.60 Å². The van der Waals surface area contributed by atoms with Gasteiger partial charge in [-0.25, -0.2) is 0 Å². The van der Waals surface area contributed by atoms with Gasteiger partial charge in [0, 0.05) is 40.1 Å². The van der Waals surface area contributed by atoms with Crippen molar-refractivity contribution in [1.82, 2.24) is 10.2 Å². The molecular formula is C24H31BrClN3O2. The first kappa shape index (κ1) is 23.0. The lowest BCUT2D eigenvalue weighted by Gasteiger charge is -2.42. The molecule has 2 aromatic carbocycles. The van der Waals surface area contributed by atoms with Crippen LogP contribution in [0.25, 0.3) is 0 Å². The average molecular weight is 509 g/mol. The van der Waals surface area contributed by atoms with Crippen LogP contribution in [0.4, 0.5) is 0 Å². The number of nitrogens with one attached hydrogen (secondary N) is 1. The van der Waals surface area contributed by atoms with Crippen LogP contribution < -0.4 is 15.8 Å². The van der Waals surface area contributed by atoms with Crippen LogP contribution in [-0.2, 0) is 6.61 Å². The zero-order chi connectivity index (χ0) is 21.8. The van der Waals surface area contributed by atoms with E-state index in [4.69, 9.17) is 22.1 Å². The number of hydrogen-bond acceptors (Lipinski definition) is 5. The number of rotatable bonds is 7. The molecule has 5 nitrogen and oxygen atoms in total. The zero-order valence-electron chi connectivity index (χ0n) is 17.7. The van der Waals surface area contributed by atoms with Gasteiger partial charge in [0.1, 0.15) is 12.4 Å². The highest BCUT2D eigenvalue weighted by Crippen LogP contribution is 2.41. The van der Waals surface area contributed by atoms with Crippen molar-refractivity contribution in [1.29, 1.82) is 0 Å². The molecular weight excluding hydrogens is 478 g/mol. The van der Waals surface area contributed by atoms with E-state index in [1.807, 2.05) is 36.4 Å². The third-order valence-electron chi connectivity index (χ3n) is 6.52. The molecule has 4 rings (SSSR count). The molecule has 2 heterocycles. The molecule has 0 radical (unpaired) electrons. The standard InChI is InChI=1S/C24H31BrClN3O2/c25-18-3-6-23(31-16-17-1-4-19(26)5-2-17)21(13-18)22(15-29-12-7-20(27)14-29)24(30)8-10-28-11-9-24/h1-6,13,20,22,28,30H,7-12,14-16,27H2. The van der Waals surface area contributed by atoms with Gasteiger partial charge in [-0.05, 0) is 74.8 Å². The Balaban J connectivity index is 1.62. The Bertz CT molecular complexity index is 874. The highest BCUT2D eigenvalue weighted by Gasteiger charge is 2.41. The van der Waals surface area contributed by atoms with E-state index >= 15 is 0 Å². The summed E-state index contributed by atoms with van der Waals surface area (Å²) in [7, 11) is 0. The van der Waals surface area contributed by atoms with Crippen LogP contribution in [0.15, 0.2) is 46.9 Å². The fraction of sp³-hybridized carbons (Fsp3) is 0.500. The summed E-state index contributed by atoms with van der Waals surface area (Å²) in [5.74, 6) is 0.760. The fourth-order valence-electron chi connectivity index (χ4n) is 4.72. The third kappa shape index (κ3) is 5.81. The first-order valence-corrected chi connectivity index (χ1v) is 12.2. The van der Waals surface area contributed by atoms with Gasteiger partial charge in [-0.1, -0.05) is 39.7 Å². The molecule has 2 atom stereocenters. The maximum atomic E-state index is 11.8. The molecule has 2 unspecified atom stereocenters. The van der Waals surface area contributed by atoms with Crippen LogP contribution in [0.1, 0.15) is 36.3 Å². The molecule has 2 aromatic rings. The molecule has 2 fully saturated rings. The second kappa shape index (κ2) is 10.2. The average Bonchev–Trinajstić information content (AvgIpc) is 3.17. The molecule has 4 N–H and O–H groups in total. The number of benzene rings is 2. The minimum Gasteiger partial charge on any atom is -0.489 e. The van der Waals surface area contributed by atoms with E-state index in [1.165, 1.54) is 0 Å². The first-order valence-electron chi connectivity index (χ1n) is 11.0. The van der Waals surface area contributed by atoms with Gasteiger partial charge < -0.3 is 25.8 Å². The Labute approximate surface area is 198 Å². The molecule has 7 heteroatoms. The SMILES string of the molecule is NC1CCN(CC(c2cc(Br)ccc2OCc2ccc(Cl)cc2)C2(O)CCNCC2)C1. The molecule has 0 bridgehead atoms. The highest BCUT2D eigenvalue weighted by atomic mass is 79.9. The van der Waals surface area contributed by atoms with Crippen LogP contribution in [-0.4, -0.2) is 54.4 Å². The molecule has 0 aliphatic carbocycles. The fourth-order valence-corrected chi connectivity index (χ4v) is 5.22. The van der Waals surface area contributed by atoms with Gasteiger partial charge in [-0.15, -0.1) is 0 Å². The maximum Gasteiger partial charge on any atom is 0.123 e. The van der Waals surface area contributed by atoms with E-state index in [2.05, 4.69) is 32.2 Å². The Morgan fingerprint density at radius 2 is 1.97 bits per heavy atom. The number of aliphatic hydroxyl groups is 1. The number of hydrogen-bond donors (Lipinski definition) is 3. The Morgan fingerprint density at radius 3 is 2.65 bits per heavy atom.